The number of benzene rings is 2. The van der Waals surface area contributed by atoms with Gasteiger partial charge in [-0.1, -0.05) is 73.5 Å². The molecule has 7 nitrogen and oxygen atoms in total. The van der Waals surface area contributed by atoms with Gasteiger partial charge in [0.25, 0.3) is 5.56 Å². The highest BCUT2D eigenvalue weighted by atomic mass is 16.5. The fourth-order valence-corrected chi connectivity index (χ4v) is 5.23. The molecule has 3 aromatic rings. The monoisotopic (exact) mass is 516 g/mol. The molecule has 38 heavy (non-hydrogen) atoms. The topological polar surface area (TPSA) is 86.6 Å². The lowest BCUT2D eigenvalue weighted by Crippen LogP contribution is -2.38. The van der Waals surface area contributed by atoms with Crippen LogP contribution in [0.3, 0.4) is 0 Å². The maximum Gasteiger partial charge on any atom is 0.309 e. The Labute approximate surface area is 223 Å². The van der Waals surface area contributed by atoms with Crippen LogP contribution in [-0.2, 0) is 32.2 Å². The second kappa shape index (κ2) is 13.2. The molecule has 1 aromatic heterocycles. The van der Waals surface area contributed by atoms with Gasteiger partial charge in [0.15, 0.2) is 0 Å². The van der Waals surface area contributed by atoms with E-state index in [1.54, 1.807) is 23.9 Å². The Morgan fingerprint density at radius 3 is 2.26 bits per heavy atom. The number of methoxy groups -OCH3 is 1. The summed E-state index contributed by atoms with van der Waals surface area (Å²) >= 11 is 0. The van der Waals surface area contributed by atoms with Gasteiger partial charge in [0.1, 0.15) is 6.61 Å². The molecule has 1 aliphatic rings. The highest BCUT2D eigenvalue weighted by Crippen LogP contribution is 2.45. The summed E-state index contributed by atoms with van der Waals surface area (Å²) in [5.74, 6) is -0.867. The largest absolute Gasteiger partial charge is 0.461 e. The number of pyridine rings is 1. The quantitative estimate of drug-likeness (QED) is 0.335. The molecule has 0 aliphatic heterocycles. The zero-order valence-corrected chi connectivity index (χ0v) is 21.9. The summed E-state index contributed by atoms with van der Waals surface area (Å²) in [6, 6.07) is 22.4. The van der Waals surface area contributed by atoms with Gasteiger partial charge >= 0.3 is 5.97 Å². The first-order valence-electron chi connectivity index (χ1n) is 13.2. The van der Waals surface area contributed by atoms with E-state index in [-0.39, 0.29) is 24.0 Å². The SMILES string of the molecule is COCCC(CC1(C(=O)Nc2ccc(=O)n(Cc3ccccc3)c2)CCCC1)C(=O)OCc1ccccc1. The third kappa shape index (κ3) is 7.19. The van der Waals surface area contributed by atoms with Gasteiger partial charge in [-0.2, -0.15) is 0 Å². The predicted molar refractivity (Wildman–Crippen MR) is 147 cm³/mol. The van der Waals surface area contributed by atoms with Gasteiger partial charge in [0, 0.05) is 26.0 Å². The van der Waals surface area contributed by atoms with E-state index in [4.69, 9.17) is 9.47 Å². The van der Waals surface area contributed by atoms with Crippen LogP contribution in [0.25, 0.3) is 0 Å². The van der Waals surface area contributed by atoms with Crippen LogP contribution in [0.15, 0.2) is 83.8 Å². The van der Waals surface area contributed by atoms with E-state index < -0.39 is 11.3 Å². The van der Waals surface area contributed by atoms with Crippen LogP contribution in [0.1, 0.15) is 49.7 Å². The van der Waals surface area contributed by atoms with Crippen molar-refractivity contribution in [2.45, 2.75) is 51.7 Å². The minimum Gasteiger partial charge on any atom is -0.461 e. The third-order valence-corrected chi connectivity index (χ3v) is 7.34. The van der Waals surface area contributed by atoms with Crippen molar-refractivity contribution >= 4 is 17.6 Å². The number of anilines is 1. The van der Waals surface area contributed by atoms with E-state index >= 15 is 0 Å². The molecule has 1 saturated carbocycles. The van der Waals surface area contributed by atoms with Crippen molar-refractivity contribution in [3.63, 3.8) is 0 Å². The summed E-state index contributed by atoms with van der Waals surface area (Å²) in [6.45, 7) is 1.03. The molecular formula is C31H36N2O5. The van der Waals surface area contributed by atoms with Crippen molar-refractivity contribution in [2.75, 3.05) is 19.0 Å². The van der Waals surface area contributed by atoms with E-state index in [1.807, 2.05) is 60.7 Å². The number of nitrogens with zero attached hydrogens (tertiary/aromatic N) is 1. The molecule has 1 N–H and O–H groups in total. The Balaban J connectivity index is 1.47. The van der Waals surface area contributed by atoms with Gasteiger partial charge in [0.2, 0.25) is 5.91 Å². The number of esters is 1. The average molecular weight is 517 g/mol. The molecule has 1 aliphatic carbocycles. The van der Waals surface area contributed by atoms with E-state index in [2.05, 4.69) is 5.32 Å². The lowest BCUT2D eigenvalue weighted by atomic mass is 9.76. The molecule has 0 bridgehead atoms. The van der Waals surface area contributed by atoms with Crippen LogP contribution in [-0.4, -0.2) is 30.2 Å². The zero-order valence-electron chi connectivity index (χ0n) is 21.9. The highest BCUT2D eigenvalue weighted by Gasteiger charge is 2.44. The van der Waals surface area contributed by atoms with Crippen molar-refractivity contribution in [3.8, 4) is 0 Å². The van der Waals surface area contributed by atoms with Crippen molar-refractivity contribution in [2.24, 2.45) is 11.3 Å². The number of amides is 1. The molecular weight excluding hydrogens is 480 g/mol. The second-order valence-electron chi connectivity index (χ2n) is 10.1. The molecule has 2 aromatic carbocycles. The number of hydrogen-bond acceptors (Lipinski definition) is 5. The fourth-order valence-electron chi connectivity index (χ4n) is 5.23. The molecule has 1 fully saturated rings. The lowest BCUT2D eigenvalue weighted by molar-refractivity contribution is -0.152. The van der Waals surface area contributed by atoms with Crippen LogP contribution >= 0.6 is 0 Å². The maximum atomic E-state index is 13.7. The molecule has 200 valence electrons. The van der Waals surface area contributed by atoms with Crippen LogP contribution in [0, 0.1) is 11.3 Å². The Bertz CT molecular complexity index is 1250. The summed E-state index contributed by atoms with van der Waals surface area (Å²) in [4.78, 5) is 39.3. The van der Waals surface area contributed by atoms with Crippen LogP contribution in [0.5, 0.6) is 0 Å². The highest BCUT2D eigenvalue weighted by molar-refractivity contribution is 5.95. The first-order chi connectivity index (χ1) is 18.5. The molecule has 0 radical (unpaired) electrons. The molecule has 4 rings (SSSR count). The van der Waals surface area contributed by atoms with Crippen LogP contribution in [0.2, 0.25) is 0 Å². The zero-order chi connectivity index (χ0) is 26.8. The summed E-state index contributed by atoms with van der Waals surface area (Å²) in [5, 5.41) is 3.05. The van der Waals surface area contributed by atoms with E-state index in [9.17, 15) is 14.4 Å². The minimum atomic E-state index is -0.676. The summed E-state index contributed by atoms with van der Waals surface area (Å²) < 4.78 is 12.5. The second-order valence-corrected chi connectivity index (χ2v) is 10.1. The summed E-state index contributed by atoms with van der Waals surface area (Å²) in [7, 11) is 1.61. The van der Waals surface area contributed by atoms with E-state index in [0.29, 0.717) is 44.5 Å². The van der Waals surface area contributed by atoms with Gasteiger partial charge in [-0.3, -0.25) is 14.4 Å². The number of hydrogen-bond donors (Lipinski definition) is 1. The molecule has 1 atom stereocenters. The number of aromatic nitrogens is 1. The Morgan fingerprint density at radius 1 is 0.947 bits per heavy atom. The van der Waals surface area contributed by atoms with Crippen molar-refractivity contribution in [1.29, 1.82) is 0 Å². The van der Waals surface area contributed by atoms with Crippen molar-refractivity contribution in [3.05, 3.63) is 100 Å². The third-order valence-electron chi connectivity index (χ3n) is 7.34. The molecule has 1 unspecified atom stereocenters. The van der Waals surface area contributed by atoms with Crippen molar-refractivity contribution < 1.29 is 19.1 Å². The first kappa shape index (κ1) is 27.3. The van der Waals surface area contributed by atoms with Gasteiger partial charge in [0.05, 0.1) is 23.6 Å². The van der Waals surface area contributed by atoms with Gasteiger partial charge in [-0.25, -0.2) is 0 Å². The molecule has 1 amide bonds. The van der Waals surface area contributed by atoms with E-state index in [1.165, 1.54) is 6.07 Å². The molecule has 0 saturated heterocycles. The molecule has 0 spiro atoms. The van der Waals surface area contributed by atoms with Gasteiger partial charge < -0.3 is 19.4 Å². The predicted octanol–water partition coefficient (Wildman–Crippen LogP) is 5.18. The van der Waals surface area contributed by atoms with Crippen LogP contribution in [0.4, 0.5) is 5.69 Å². The number of ether oxygens (including phenoxy) is 2. The first-order valence-corrected chi connectivity index (χ1v) is 13.2. The normalized spacial score (nSPS) is 15.1. The van der Waals surface area contributed by atoms with Crippen LogP contribution < -0.4 is 10.9 Å². The van der Waals surface area contributed by atoms with Gasteiger partial charge in [-0.05, 0) is 42.9 Å². The Hall–Kier alpha value is -3.71. The Kier molecular flexibility index (Phi) is 9.49. The standard InChI is InChI=1S/C31H36N2O5/c1-37-19-16-26(29(35)38-23-25-12-6-3-7-13-25)20-31(17-8-9-18-31)30(36)32-27-14-15-28(34)33(22-27)21-24-10-4-2-5-11-24/h2-7,10-15,22,26H,8-9,16-21,23H2,1H3,(H,32,36). The maximum absolute atomic E-state index is 13.7. The summed E-state index contributed by atoms with van der Waals surface area (Å²) in [6.07, 6.45) is 5.84. The number of carbonyl (C=O) groups is 2. The minimum absolute atomic E-state index is 0.113. The molecule has 7 heteroatoms. The average Bonchev–Trinajstić information content (AvgIpc) is 3.42. The van der Waals surface area contributed by atoms with E-state index in [0.717, 1.165) is 24.0 Å². The van der Waals surface area contributed by atoms with Gasteiger partial charge in [-0.15, -0.1) is 0 Å². The number of nitrogens with one attached hydrogen (secondary N) is 1. The Morgan fingerprint density at radius 2 is 1.61 bits per heavy atom. The summed E-state index contributed by atoms with van der Waals surface area (Å²) in [5.41, 5.74) is 1.68. The molecule has 1 heterocycles. The number of carbonyl (C=O) groups excluding carboxylic acids is 2. The lowest BCUT2D eigenvalue weighted by Gasteiger charge is -2.31. The van der Waals surface area contributed by atoms with Crippen molar-refractivity contribution in [1.82, 2.24) is 4.57 Å². The smallest absolute Gasteiger partial charge is 0.309 e. The number of rotatable bonds is 12. The fraction of sp³-hybridized carbons (Fsp3) is 0.387.